The van der Waals surface area contributed by atoms with Crippen LogP contribution in [0.1, 0.15) is 5.56 Å². The van der Waals surface area contributed by atoms with E-state index in [1.54, 1.807) is 72.8 Å². The number of aromatic nitrogens is 2. The molecule has 9 heteroatoms. The summed E-state index contributed by atoms with van der Waals surface area (Å²) in [6.45, 7) is 0. The molecular formula is C27H19F3N4O2. The lowest BCUT2D eigenvalue weighted by Crippen LogP contribution is -2.23. The number of nitrogens with two attached hydrogens (primary N) is 2. The predicted molar refractivity (Wildman–Crippen MR) is 133 cm³/mol. The normalized spacial score (nSPS) is 11.5. The molecule has 0 spiro atoms. The summed E-state index contributed by atoms with van der Waals surface area (Å²) in [4.78, 5) is 13.2. The number of hydrogen-bond donors (Lipinski definition) is 2. The fourth-order valence-electron chi connectivity index (χ4n) is 3.85. The zero-order chi connectivity index (χ0) is 25.4. The van der Waals surface area contributed by atoms with Crippen molar-refractivity contribution in [2.24, 2.45) is 0 Å². The maximum atomic E-state index is 13.5. The Hall–Kier alpha value is -4.79. The molecule has 0 aliphatic heterocycles. The molecule has 180 valence electrons. The van der Waals surface area contributed by atoms with Gasteiger partial charge in [-0.2, -0.15) is 23.0 Å². The summed E-state index contributed by atoms with van der Waals surface area (Å²) in [6, 6.07) is 24.0. The van der Waals surface area contributed by atoms with E-state index in [9.17, 15) is 18.0 Å². The van der Waals surface area contributed by atoms with E-state index < -0.39 is 23.0 Å². The Bertz CT molecular complexity index is 1630. The van der Waals surface area contributed by atoms with Crippen molar-refractivity contribution in [1.29, 1.82) is 0 Å². The van der Waals surface area contributed by atoms with Gasteiger partial charge >= 0.3 is 6.18 Å². The van der Waals surface area contributed by atoms with Crippen LogP contribution in [0, 0.1) is 0 Å². The topological polar surface area (TPSA) is 96.2 Å². The molecule has 0 saturated carbocycles. The fraction of sp³-hybridized carbons (Fsp3) is 0.0370. The molecule has 0 unspecified atom stereocenters. The van der Waals surface area contributed by atoms with E-state index in [0.717, 1.165) is 16.8 Å². The third-order valence-electron chi connectivity index (χ3n) is 5.64. The van der Waals surface area contributed by atoms with Crippen LogP contribution in [0.4, 0.5) is 24.5 Å². The zero-order valence-electron chi connectivity index (χ0n) is 18.7. The second kappa shape index (κ2) is 8.77. The van der Waals surface area contributed by atoms with Crippen molar-refractivity contribution >= 4 is 22.1 Å². The second-order valence-corrected chi connectivity index (χ2v) is 8.08. The van der Waals surface area contributed by atoms with Gasteiger partial charge in [0.15, 0.2) is 0 Å². The van der Waals surface area contributed by atoms with Crippen molar-refractivity contribution in [2.75, 3.05) is 11.5 Å². The van der Waals surface area contributed by atoms with Crippen LogP contribution in [-0.2, 0) is 6.18 Å². The van der Waals surface area contributed by atoms with E-state index in [0.29, 0.717) is 39.2 Å². The molecule has 0 atom stereocenters. The van der Waals surface area contributed by atoms with Crippen LogP contribution >= 0.6 is 0 Å². The quantitative estimate of drug-likeness (QED) is 0.301. The molecule has 0 bridgehead atoms. The Morgan fingerprint density at radius 1 is 0.778 bits per heavy atom. The minimum Gasteiger partial charge on any atom is -0.457 e. The van der Waals surface area contributed by atoms with Crippen LogP contribution in [0.5, 0.6) is 11.5 Å². The first kappa shape index (κ1) is 23.0. The predicted octanol–water partition coefficient (Wildman–Crippen LogP) is 6.03. The average Bonchev–Trinajstić information content (AvgIpc) is 2.86. The Morgan fingerprint density at radius 3 is 2.03 bits per heavy atom. The fourth-order valence-corrected chi connectivity index (χ4v) is 3.85. The van der Waals surface area contributed by atoms with Gasteiger partial charge in [-0.15, -0.1) is 0 Å². The van der Waals surface area contributed by atoms with E-state index in [2.05, 4.69) is 5.10 Å². The smallest absolute Gasteiger partial charge is 0.418 e. The lowest BCUT2D eigenvalue weighted by Gasteiger charge is -2.15. The molecule has 6 nitrogen and oxygen atoms in total. The van der Waals surface area contributed by atoms with Gasteiger partial charge in [-0.25, -0.2) is 0 Å². The van der Waals surface area contributed by atoms with Crippen molar-refractivity contribution in [3.8, 4) is 28.4 Å². The highest BCUT2D eigenvalue weighted by molar-refractivity contribution is 5.94. The lowest BCUT2D eigenvalue weighted by molar-refractivity contribution is -0.136. The summed E-state index contributed by atoms with van der Waals surface area (Å²) < 4.78 is 47.1. The molecule has 0 fully saturated rings. The molecule has 5 aromatic rings. The minimum absolute atomic E-state index is 0.0446. The van der Waals surface area contributed by atoms with Crippen molar-refractivity contribution in [1.82, 2.24) is 9.78 Å². The molecule has 1 heterocycles. The maximum absolute atomic E-state index is 13.5. The van der Waals surface area contributed by atoms with E-state index in [1.165, 1.54) is 6.07 Å². The van der Waals surface area contributed by atoms with E-state index in [-0.39, 0.29) is 5.69 Å². The first-order valence-corrected chi connectivity index (χ1v) is 10.8. The molecule has 0 amide bonds. The Balaban J connectivity index is 1.61. The summed E-state index contributed by atoms with van der Waals surface area (Å²) >= 11 is 0. The van der Waals surface area contributed by atoms with Crippen LogP contribution < -0.4 is 21.8 Å². The second-order valence-electron chi connectivity index (χ2n) is 8.08. The third-order valence-corrected chi connectivity index (χ3v) is 5.64. The van der Waals surface area contributed by atoms with E-state index in [1.807, 2.05) is 0 Å². The molecular weight excluding hydrogens is 469 g/mol. The zero-order valence-corrected chi connectivity index (χ0v) is 18.7. The van der Waals surface area contributed by atoms with Gasteiger partial charge in [0.1, 0.15) is 11.5 Å². The summed E-state index contributed by atoms with van der Waals surface area (Å²) in [7, 11) is 0. The Morgan fingerprint density at radius 2 is 1.39 bits per heavy atom. The van der Waals surface area contributed by atoms with Gasteiger partial charge in [0.05, 0.1) is 22.3 Å². The SMILES string of the molecule is Nc1ccc(Oc2ccc(-c3nn(-c4ccc(N)c(C(F)(F)F)c4)c(=O)c4ccccc34)cc2)cc1. The number of fused-ring (bicyclic) bond motifs is 1. The number of nitrogen functional groups attached to an aromatic ring is 2. The van der Waals surface area contributed by atoms with E-state index >= 15 is 0 Å². The molecule has 4 N–H and O–H groups in total. The highest BCUT2D eigenvalue weighted by atomic mass is 19.4. The first-order valence-electron chi connectivity index (χ1n) is 10.8. The molecule has 0 radical (unpaired) electrons. The molecule has 1 aromatic heterocycles. The summed E-state index contributed by atoms with van der Waals surface area (Å²) in [6.07, 6.45) is -4.68. The summed E-state index contributed by atoms with van der Waals surface area (Å²) in [5.41, 5.74) is 10.9. The van der Waals surface area contributed by atoms with Crippen LogP contribution in [0.25, 0.3) is 27.7 Å². The van der Waals surface area contributed by atoms with Crippen molar-refractivity contribution in [3.63, 3.8) is 0 Å². The molecule has 0 aliphatic carbocycles. The summed E-state index contributed by atoms with van der Waals surface area (Å²) in [5.74, 6) is 1.17. The molecule has 0 saturated heterocycles. The molecule has 36 heavy (non-hydrogen) atoms. The van der Waals surface area contributed by atoms with Crippen LogP contribution in [0.15, 0.2) is 95.8 Å². The first-order chi connectivity index (χ1) is 17.2. The Labute approximate surface area is 203 Å². The standard InChI is InChI=1S/C27H19F3N4O2/c28-27(29,30)23-15-18(9-14-24(23)32)34-26(35)22-4-2-1-3-21(22)25(33-34)16-5-10-19(11-6-16)36-20-12-7-17(31)8-13-20/h1-15H,31-32H2. The monoisotopic (exact) mass is 488 g/mol. The highest BCUT2D eigenvalue weighted by Crippen LogP contribution is 2.35. The number of hydrogen-bond acceptors (Lipinski definition) is 5. The number of rotatable bonds is 4. The number of halogens is 3. The molecule has 5 rings (SSSR count). The minimum atomic E-state index is -4.68. The third kappa shape index (κ3) is 4.34. The van der Waals surface area contributed by atoms with Crippen LogP contribution in [0.3, 0.4) is 0 Å². The maximum Gasteiger partial charge on any atom is 0.418 e. The number of ether oxygens (including phenoxy) is 1. The highest BCUT2D eigenvalue weighted by Gasteiger charge is 2.33. The van der Waals surface area contributed by atoms with Crippen molar-refractivity contribution < 1.29 is 17.9 Å². The largest absolute Gasteiger partial charge is 0.457 e. The van der Waals surface area contributed by atoms with Gasteiger partial charge < -0.3 is 16.2 Å². The summed E-state index contributed by atoms with van der Waals surface area (Å²) in [5, 5.41) is 5.34. The van der Waals surface area contributed by atoms with Gasteiger partial charge in [0, 0.05) is 22.3 Å². The Kier molecular flexibility index (Phi) is 5.60. The van der Waals surface area contributed by atoms with Gasteiger partial charge in [-0.05, 0) is 72.8 Å². The van der Waals surface area contributed by atoms with Gasteiger partial charge in [-0.1, -0.05) is 18.2 Å². The number of anilines is 2. The van der Waals surface area contributed by atoms with Gasteiger partial charge in [-0.3, -0.25) is 4.79 Å². The van der Waals surface area contributed by atoms with E-state index in [4.69, 9.17) is 16.2 Å². The number of benzene rings is 4. The average molecular weight is 488 g/mol. The van der Waals surface area contributed by atoms with Crippen LogP contribution in [-0.4, -0.2) is 9.78 Å². The van der Waals surface area contributed by atoms with Crippen molar-refractivity contribution in [3.05, 3.63) is 107 Å². The number of alkyl halides is 3. The van der Waals surface area contributed by atoms with Crippen molar-refractivity contribution in [2.45, 2.75) is 6.18 Å². The lowest BCUT2D eigenvalue weighted by atomic mass is 10.0. The van der Waals surface area contributed by atoms with Gasteiger partial charge in [0.2, 0.25) is 0 Å². The van der Waals surface area contributed by atoms with Gasteiger partial charge in [0.25, 0.3) is 5.56 Å². The van der Waals surface area contributed by atoms with Crippen LogP contribution in [0.2, 0.25) is 0 Å². The number of nitrogens with zero attached hydrogens (tertiary/aromatic N) is 2. The molecule has 0 aliphatic rings. The molecule has 4 aromatic carbocycles.